The van der Waals surface area contributed by atoms with Crippen molar-refractivity contribution >= 4 is 34.3 Å². The van der Waals surface area contributed by atoms with Gasteiger partial charge in [-0.25, -0.2) is 10.5 Å². The number of nitrogens with one attached hydrogen (secondary N) is 2. The maximum Gasteiger partial charge on any atom is 0.247 e. The molecule has 0 saturated heterocycles. The number of nitrogens with zero attached hydrogens (tertiary/aromatic N) is 2. The molecule has 28 heavy (non-hydrogen) atoms. The van der Waals surface area contributed by atoms with E-state index in [1.807, 2.05) is 5.41 Å². The average Bonchev–Trinajstić information content (AvgIpc) is 2.70. The van der Waals surface area contributed by atoms with Gasteiger partial charge in [-0.3, -0.25) is 14.8 Å². The highest BCUT2D eigenvalue weighted by molar-refractivity contribution is 8.11. The van der Waals surface area contributed by atoms with Gasteiger partial charge in [-0.05, 0) is 29.2 Å². The molecule has 2 heterocycles. The van der Waals surface area contributed by atoms with Crippen molar-refractivity contribution in [3.05, 3.63) is 71.5 Å². The predicted octanol–water partition coefficient (Wildman–Crippen LogP) is 2.29. The van der Waals surface area contributed by atoms with Gasteiger partial charge >= 0.3 is 0 Å². The van der Waals surface area contributed by atoms with Crippen molar-refractivity contribution in [3.63, 3.8) is 0 Å². The zero-order valence-electron chi connectivity index (χ0n) is 14.7. The summed E-state index contributed by atoms with van der Waals surface area (Å²) in [5.74, 6) is -0.443. The minimum Gasteiger partial charge on any atom is -0.508 e. The van der Waals surface area contributed by atoms with Crippen LogP contribution in [0.5, 0.6) is 5.75 Å². The number of hydroxylamine groups is 1. The van der Waals surface area contributed by atoms with Crippen LogP contribution in [-0.2, 0) is 16.0 Å². The van der Waals surface area contributed by atoms with Crippen LogP contribution in [0.1, 0.15) is 11.1 Å². The quantitative estimate of drug-likeness (QED) is 0.436. The lowest BCUT2D eigenvalue weighted by atomic mass is 10.0. The second kappa shape index (κ2) is 9.07. The molecule has 0 aliphatic carbocycles. The molecule has 0 unspecified atom stereocenters. The number of anilines is 1. The molecule has 1 aliphatic heterocycles. The molecule has 0 atom stereocenters. The number of aromatic hydroxyl groups is 1. The Hall–Kier alpha value is -3.30. The van der Waals surface area contributed by atoms with E-state index in [0.29, 0.717) is 16.9 Å². The summed E-state index contributed by atoms with van der Waals surface area (Å²) < 4.78 is 0. The van der Waals surface area contributed by atoms with Crippen LogP contribution in [0.4, 0.5) is 5.82 Å². The molecule has 2 aromatic rings. The standard InChI is InChI=1S/C19H18N4O4S/c24-15-5-3-4-13(14(15)10-18(25)22-27)16-11-23(8-9-28-16)12-19(26)21-17-6-1-2-7-20-17/h1-9,11,24,27H,10,12H2,(H,22,25)(H,20,21,26). The number of carbonyl (C=O) groups is 2. The number of phenolic OH excluding ortho intramolecular Hbond substituents is 1. The summed E-state index contributed by atoms with van der Waals surface area (Å²) >= 11 is 1.40. The van der Waals surface area contributed by atoms with Crippen LogP contribution in [0.3, 0.4) is 0 Å². The maximum absolute atomic E-state index is 12.2. The van der Waals surface area contributed by atoms with Gasteiger partial charge < -0.3 is 15.3 Å². The summed E-state index contributed by atoms with van der Waals surface area (Å²) in [6, 6.07) is 10.2. The van der Waals surface area contributed by atoms with Crippen LogP contribution >= 0.6 is 11.8 Å². The van der Waals surface area contributed by atoms with Gasteiger partial charge in [0, 0.05) is 29.1 Å². The minimum atomic E-state index is -0.633. The Morgan fingerprint density at radius 2 is 2.00 bits per heavy atom. The molecule has 144 valence electrons. The summed E-state index contributed by atoms with van der Waals surface area (Å²) in [7, 11) is 0. The fourth-order valence-corrected chi connectivity index (χ4v) is 3.49. The molecule has 1 aromatic heterocycles. The lowest BCUT2D eigenvalue weighted by Crippen LogP contribution is -2.27. The van der Waals surface area contributed by atoms with Crippen molar-refractivity contribution in [1.82, 2.24) is 15.4 Å². The second-order valence-electron chi connectivity index (χ2n) is 5.85. The Kier molecular flexibility index (Phi) is 6.30. The van der Waals surface area contributed by atoms with E-state index in [9.17, 15) is 14.7 Å². The molecular weight excluding hydrogens is 380 g/mol. The Morgan fingerprint density at radius 3 is 2.75 bits per heavy atom. The maximum atomic E-state index is 12.2. The SMILES string of the molecule is O=C(Cc1c(O)cccc1C1=CN(CC(=O)Nc2ccccn2)C=CS1)NO. The number of pyridine rings is 1. The fourth-order valence-electron chi connectivity index (χ4n) is 2.61. The van der Waals surface area contributed by atoms with E-state index in [1.54, 1.807) is 59.3 Å². The topological polar surface area (TPSA) is 115 Å². The Bertz CT molecular complexity index is 931. The lowest BCUT2D eigenvalue weighted by molar-refractivity contribution is -0.128. The van der Waals surface area contributed by atoms with Crippen molar-refractivity contribution in [2.24, 2.45) is 0 Å². The van der Waals surface area contributed by atoms with E-state index in [4.69, 9.17) is 5.21 Å². The molecular formula is C19H18N4O4S. The molecule has 0 radical (unpaired) electrons. The Labute approximate surface area is 165 Å². The highest BCUT2D eigenvalue weighted by Gasteiger charge is 2.18. The highest BCUT2D eigenvalue weighted by atomic mass is 32.2. The van der Waals surface area contributed by atoms with E-state index >= 15 is 0 Å². The summed E-state index contributed by atoms with van der Waals surface area (Å²) in [5.41, 5.74) is 2.61. The molecule has 4 N–H and O–H groups in total. The molecule has 3 rings (SSSR count). The summed E-state index contributed by atoms with van der Waals surface area (Å²) in [5, 5.41) is 23.4. The van der Waals surface area contributed by atoms with Gasteiger partial charge in [0.25, 0.3) is 0 Å². The van der Waals surface area contributed by atoms with Gasteiger partial charge in [0.2, 0.25) is 11.8 Å². The third kappa shape index (κ3) is 4.90. The zero-order valence-corrected chi connectivity index (χ0v) is 15.5. The number of amides is 2. The summed E-state index contributed by atoms with van der Waals surface area (Å²) in [6.07, 6.45) is 4.93. The van der Waals surface area contributed by atoms with Gasteiger partial charge in [-0.15, -0.1) is 0 Å². The largest absolute Gasteiger partial charge is 0.508 e. The normalized spacial score (nSPS) is 13.0. The number of thioether (sulfide) groups is 1. The highest BCUT2D eigenvalue weighted by Crippen LogP contribution is 2.37. The van der Waals surface area contributed by atoms with Gasteiger partial charge in [0.15, 0.2) is 0 Å². The molecule has 1 aromatic carbocycles. The molecule has 0 fully saturated rings. The average molecular weight is 398 g/mol. The van der Waals surface area contributed by atoms with E-state index < -0.39 is 5.91 Å². The fraction of sp³-hybridized carbons (Fsp3) is 0.105. The molecule has 1 aliphatic rings. The summed E-state index contributed by atoms with van der Waals surface area (Å²) in [4.78, 5) is 30.3. The van der Waals surface area contributed by atoms with Crippen LogP contribution in [-0.4, -0.2) is 38.6 Å². The Balaban J connectivity index is 1.76. The first-order valence-corrected chi connectivity index (χ1v) is 9.20. The van der Waals surface area contributed by atoms with Crippen LogP contribution in [0.2, 0.25) is 0 Å². The van der Waals surface area contributed by atoms with Gasteiger partial charge in [-0.1, -0.05) is 30.0 Å². The van der Waals surface area contributed by atoms with Crippen molar-refractivity contribution in [3.8, 4) is 5.75 Å². The van der Waals surface area contributed by atoms with Gasteiger partial charge in [-0.2, -0.15) is 0 Å². The van der Waals surface area contributed by atoms with Gasteiger partial charge in [0.05, 0.1) is 6.42 Å². The molecule has 0 saturated carbocycles. The van der Waals surface area contributed by atoms with E-state index in [2.05, 4.69) is 10.3 Å². The van der Waals surface area contributed by atoms with Crippen LogP contribution in [0.15, 0.2) is 60.4 Å². The first-order valence-electron chi connectivity index (χ1n) is 8.33. The van der Waals surface area contributed by atoms with Crippen molar-refractivity contribution in [1.29, 1.82) is 0 Å². The number of benzene rings is 1. The zero-order chi connectivity index (χ0) is 19.9. The number of hydrogen-bond donors (Lipinski definition) is 4. The number of phenols is 1. The number of aromatic nitrogens is 1. The monoisotopic (exact) mass is 398 g/mol. The summed E-state index contributed by atoms with van der Waals surface area (Å²) in [6.45, 7) is 0.0718. The lowest BCUT2D eigenvalue weighted by Gasteiger charge is -2.22. The van der Waals surface area contributed by atoms with Crippen LogP contribution in [0.25, 0.3) is 4.91 Å². The molecule has 8 nitrogen and oxygen atoms in total. The van der Waals surface area contributed by atoms with E-state index in [0.717, 1.165) is 4.91 Å². The smallest absolute Gasteiger partial charge is 0.247 e. The molecule has 9 heteroatoms. The molecule has 2 amide bonds. The first-order chi connectivity index (χ1) is 13.6. The third-order valence-electron chi connectivity index (χ3n) is 3.87. The molecule has 0 bridgehead atoms. The Morgan fingerprint density at radius 1 is 1.14 bits per heavy atom. The van der Waals surface area contributed by atoms with E-state index in [-0.39, 0.29) is 24.6 Å². The van der Waals surface area contributed by atoms with Crippen molar-refractivity contribution in [2.75, 3.05) is 11.9 Å². The molecule has 0 spiro atoms. The minimum absolute atomic E-state index is 0.0448. The predicted molar refractivity (Wildman–Crippen MR) is 106 cm³/mol. The van der Waals surface area contributed by atoms with Crippen LogP contribution in [0, 0.1) is 0 Å². The van der Waals surface area contributed by atoms with E-state index in [1.165, 1.54) is 17.8 Å². The first kappa shape index (κ1) is 19.5. The van der Waals surface area contributed by atoms with Crippen molar-refractivity contribution in [2.45, 2.75) is 6.42 Å². The third-order valence-corrected chi connectivity index (χ3v) is 4.70. The number of rotatable bonds is 6. The van der Waals surface area contributed by atoms with Gasteiger partial charge in [0.1, 0.15) is 18.1 Å². The number of carbonyl (C=O) groups excluding carboxylic acids is 2. The number of hydrogen-bond acceptors (Lipinski definition) is 7. The van der Waals surface area contributed by atoms with Crippen molar-refractivity contribution < 1.29 is 19.9 Å². The van der Waals surface area contributed by atoms with Crippen LogP contribution < -0.4 is 10.8 Å². The second-order valence-corrected chi connectivity index (χ2v) is 6.79.